The Morgan fingerprint density at radius 2 is 1.81 bits per heavy atom. The van der Waals surface area contributed by atoms with Crippen LogP contribution in [0.1, 0.15) is 26.2 Å². The van der Waals surface area contributed by atoms with Crippen LogP contribution >= 0.6 is 0 Å². The van der Waals surface area contributed by atoms with Gasteiger partial charge < -0.3 is 10.2 Å². The molecular weight excluding hydrogens is 204 g/mol. The van der Waals surface area contributed by atoms with Gasteiger partial charge in [-0.15, -0.1) is 0 Å². The summed E-state index contributed by atoms with van der Waals surface area (Å²) in [4.78, 5) is 13.3. The van der Waals surface area contributed by atoms with Crippen molar-refractivity contribution in [3.8, 4) is 12.1 Å². The Morgan fingerprint density at radius 3 is 2.25 bits per heavy atom. The van der Waals surface area contributed by atoms with Crippen LogP contribution in [0.2, 0.25) is 0 Å². The summed E-state index contributed by atoms with van der Waals surface area (Å²) in [7, 11) is 0. The van der Waals surface area contributed by atoms with E-state index in [0.717, 1.165) is 6.54 Å². The van der Waals surface area contributed by atoms with E-state index in [4.69, 9.17) is 10.5 Å². The number of rotatable bonds is 8. The van der Waals surface area contributed by atoms with Crippen molar-refractivity contribution in [2.24, 2.45) is 0 Å². The summed E-state index contributed by atoms with van der Waals surface area (Å²) in [5, 5.41) is 20.0. The second kappa shape index (κ2) is 9.95. The summed E-state index contributed by atoms with van der Waals surface area (Å²) >= 11 is 0. The lowest BCUT2D eigenvalue weighted by molar-refractivity contribution is -0.131. The Kier molecular flexibility index (Phi) is 8.96. The summed E-state index contributed by atoms with van der Waals surface area (Å²) in [6.45, 7) is 4.30. The third kappa shape index (κ3) is 6.80. The molecule has 0 fully saturated rings. The smallest absolute Gasteiger partial charge is 0.223 e. The monoisotopic (exact) mass is 222 g/mol. The van der Waals surface area contributed by atoms with E-state index in [-0.39, 0.29) is 5.91 Å². The van der Waals surface area contributed by atoms with Gasteiger partial charge in [-0.05, 0) is 6.54 Å². The van der Waals surface area contributed by atoms with Gasteiger partial charge >= 0.3 is 0 Å². The van der Waals surface area contributed by atoms with Crippen LogP contribution in [0, 0.1) is 22.7 Å². The third-order valence-corrected chi connectivity index (χ3v) is 2.11. The fraction of sp³-hybridized carbons (Fsp3) is 0.727. The standard InChI is InChI=1S/C11H18N4O/c1-2-14-8-5-11(16)15(9-3-6-12)10-4-7-13/h14H,2-5,8-10H2,1H3. The molecule has 0 aliphatic rings. The van der Waals surface area contributed by atoms with Crippen molar-refractivity contribution < 1.29 is 4.79 Å². The summed E-state index contributed by atoms with van der Waals surface area (Å²) in [6.07, 6.45) is 1.06. The molecule has 0 aromatic heterocycles. The summed E-state index contributed by atoms with van der Waals surface area (Å²) in [5.74, 6) is 0.00597. The average molecular weight is 222 g/mol. The molecule has 0 saturated heterocycles. The van der Waals surface area contributed by atoms with Gasteiger partial charge in [0.25, 0.3) is 0 Å². The van der Waals surface area contributed by atoms with Gasteiger partial charge in [0.05, 0.1) is 25.0 Å². The largest absolute Gasteiger partial charge is 0.341 e. The normalized spacial score (nSPS) is 9.19. The van der Waals surface area contributed by atoms with Crippen LogP contribution < -0.4 is 5.32 Å². The predicted octanol–water partition coefficient (Wildman–Crippen LogP) is 0.642. The maximum atomic E-state index is 11.7. The molecule has 0 rings (SSSR count). The van der Waals surface area contributed by atoms with Crippen molar-refractivity contribution in [3.63, 3.8) is 0 Å². The lowest BCUT2D eigenvalue weighted by Crippen LogP contribution is -2.34. The zero-order valence-electron chi connectivity index (χ0n) is 9.70. The minimum Gasteiger partial charge on any atom is -0.341 e. The van der Waals surface area contributed by atoms with E-state index in [1.807, 2.05) is 19.1 Å². The Bertz CT molecular complexity index is 259. The second-order valence-corrected chi connectivity index (χ2v) is 3.30. The maximum Gasteiger partial charge on any atom is 0.223 e. The van der Waals surface area contributed by atoms with E-state index < -0.39 is 0 Å². The van der Waals surface area contributed by atoms with Crippen LogP contribution in [-0.4, -0.2) is 37.0 Å². The number of nitriles is 2. The van der Waals surface area contributed by atoms with Crippen LogP contribution in [-0.2, 0) is 4.79 Å². The molecule has 16 heavy (non-hydrogen) atoms. The first kappa shape index (κ1) is 14.4. The van der Waals surface area contributed by atoms with E-state index in [9.17, 15) is 4.79 Å². The molecule has 88 valence electrons. The van der Waals surface area contributed by atoms with E-state index >= 15 is 0 Å². The van der Waals surface area contributed by atoms with Crippen LogP contribution in [0.3, 0.4) is 0 Å². The quantitative estimate of drug-likeness (QED) is 0.611. The Labute approximate surface area is 96.6 Å². The van der Waals surface area contributed by atoms with Crippen molar-refractivity contribution in [2.75, 3.05) is 26.2 Å². The van der Waals surface area contributed by atoms with Crippen LogP contribution in [0.25, 0.3) is 0 Å². The molecule has 0 aromatic carbocycles. The molecule has 0 radical (unpaired) electrons. The van der Waals surface area contributed by atoms with Gasteiger partial charge in [0, 0.05) is 26.1 Å². The maximum absolute atomic E-state index is 11.7. The highest BCUT2D eigenvalue weighted by Gasteiger charge is 2.11. The minimum atomic E-state index is 0.00597. The lowest BCUT2D eigenvalue weighted by Gasteiger charge is -2.20. The molecule has 0 spiro atoms. The molecular formula is C11H18N4O. The Balaban J connectivity index is 4.00. The van der Waals surface area contributed by atoms with Gasteiger partial charge in [0.2, 0.25) is 5.91 Å². The highest BCUT2D eigenvalue weighted by Crippen LogP contribution is 1.97. The Hall–Kier alpha value is -1.59. The Morgan fingerprint density at radius 1 is 1.25 bits per heavy atom. The van der Waals surface area contributed by atoms with E-state index in [1.165, 1.54) is 0 Å². The van der Waals surface area contributed by atoms with Crippen molar-refractivity contribution in [2.45, 2.75) is 26.2 Å². The fourth-order valence-electron chi connectivity index (χ4n) is 1.26. The van der Waals surface area contributed by atoms with Gasteiger partial charge in [0.15, 0.2) is 0 Å². The SMILES string of the molecule is CCNCCC(=O)N(CCC#N)CCC#N. The molecule has 0 aliphatic carbocycles. The fourth-order valence-corrected chi connectivity index (χ4v) is 1.26. The number of nitrogens with zero attached hydrogens (tertiary/aromatic N) is 3. The number of carbonyl (C=O) groups excluding carboxylic acids is 1. The molecule has 0 heterocycles. The first-order chi connectivity index (χ1) is 7.76. The first-order valence-electron chi connectivity index (χ1n) is 5.48. The van der Waals surface area contributed by atoms with Gasteiger partial charge in [-0.3, -0.25) is 4.79 Å². The van der Waals surface area contributed by atoms with Gasteiger partial charge in [-0.25, -0.2) is 0 Å². The van der Waals surface area contributed by atoms with Crippen molar-refractivity contribution in [1.29, 1.82) is 10.5 Å². The molecule has 1 amide bonds. The molecule has 0 bridgehead atoms. The van der Waals surface area contributed by atoms with E-state index in [2.05, 4.69) is 5.32 Å². The van der Waals surface area contributed by atoms with E-state index in [0.29, 0.717) is 38.9 Å². The molecule has 0 unspecified atom stereocenters. The van der Waals surface area contributed by atoms with Gasteiger partial charge in [-0.1, -0.05) is 6.92 Å². The predicted molar refractivity (Wildman–Crippen MR) is 60.2 cm³/mol. The summed E-state index contributed by atoms with van der Waals surface area (Å²) < 4.78 is 0. The lowest BCUT2D eigenvalue weighted by atomic mass is 10.3. The number of hydrogen-bond donors (Lipinski definition) is 1. The molecule has 5 nitrogen and oxygen atoms in total. The molecule has 5 heteroatoms. The van der Waals surface area contributed by atoms with Gasteiger partial charge in [0.1, 0.15) is 0 Å². The highest BCUT2D eigenvalue weighted by atomic mass is 16.2. The average Bonchev–Trinajstić information content (AvgIpc) is 2.29. The van der Waals surface area contributed by atoms with E-state index in [1.54, 1.807) is 4.90 Å². The summed E-state index contributed by atoms with van der Waals surface area (Å²) in [5.41, 5.74) is 0. The number of hydrogen-bond acceptors (Lipinski definition) is 4. The summed E-state index contributed by atoms with van der Waals surface area (Å²) in [6, 6.07) is 4.01. The molecule has 0 atom stereocenters. The molecule has 0 aromatic rings. The zero-order chi connectivity index (χ0) is 12.2. The second-order valence-electron chi connectivity index (χ2n) is 3.30. The number of nitrogens with one attached hydrogen (secondary N) is 1. The topological polar surface area (TPSA) is 79.9 Å². The van der Waals surface area contributed by atoms with Crippen LogP contribution in [0.4, 0.5) is 0 Å². The van der Waals surface area contributed by atoms with Crippen molar-refractivity contribution in [1.82, 2.24) is 10.2 Å². The third-order valence-electron chi connectivity index (χ3n) is 2.11. The highest BCUT2D eigenvalue weighted by molar-refractivity contribution is 5.76. The molecule has 1 N–H and O–H groups in total. The molecule has 0 saturated carbocycles. The van der Waals surface area contributed by atoms with Crippen LogP contribution in [0.5, 0.6) is 0 Å². The molecule has 0 aliphatic heterocycles. The zero-order valence-corrected chi connectivity index (χ0v) is 9.70. The van der Waals surface area contributed by atoms with Crippen molar-refractivity contribution in [3.05, 3.63) is 0 Å². The first-order valence-corrected chi connectivity index (χ1v) is 5.48. The minimum absolute atomic E-state index is 0.00597. The van der Waals surface area contributed by atoms with Crippen LogP contribution in [0.15, 0.2) is 0 Å². The van der Waals surface area contributed by atoms with Gasteiger partial charge in [-0.2, -0.15) is 10.5 Å². The number of amides is 1. The van der Waals surface area contributed by atoms with Crippen molar-refractivity contribution >= 4 is 5.91 Å². The number of carbonyl (C=O) groups is 1.